The van der Waals surface area contributed by atoms with E-state index in [1.807, 2.05) is 6.07 Å². The second kappa shape index (κ2) is 12.0. The van der Waals surface area contributed by atoms with Crippen LogP contribution in [0.25, 0.3) is 11.5 Å². The van der Waals surface area contributed by atoms with Gasteiger partial charge in [0.15, 0.2) is 5.82 Å². The van der Waals surface area contributed by atoms with Crippen LogP contribution < -0.4 is 10.1 Å². The molecule has 2 N–H and O–H groups in total. The Morgan fingerprint density at radius 3 is 2.62 bits per heavy atom. The van der Waals surface area contributed by atoms with Crippen molar-refractivity contribution >= 4 is 29.2 Å². The zero-order chi connectivity index (χ0) is 28.0. The number of benzene rings is 2. The van der Waals surface area contributed by atoms with Crippen molar-refractivity contribution in [3.63, 3.8) is 0 Å². The first kappa shape index (κ1) is 27.6. The Labute approximate surface area is 226 Å². The third-order valence-electron chi connectivity index (χ3n) is 5.38. The van der Waals surface area contributed by atoms with Crippen LogP contribution in [-0.2, 0) is 22.1 Å². The number of pyridine rings is 1. The number of aromatic nitrogens is 3. The lowest BCUT2D eigenvalue weighted by Gasteiger charge is -2.12. The molecule has 0 radical (unpaired) electrons. The summed E-state index contributed by atoms with van der Waals surface area (Å²) in [6, 6.07) is 13.6. The number of nitrogens with zero attached hydrogens (tertiary/aromatic N) is 2. The molecule has 8 nitrogen and oxygen atoms in total. The summed E-state index contributed by atoms with van der Waals surface area (Å²) in [4.78, 5) is 35.5. The lowest BCUT2D eigenvalue weighted by Crippen LogP contribution is -2.14. The average molecular weight is 559 g/mol. The molecule has 0 saturated carbocycles. The minimum absolute atomic E-state index is 0.00762. The Kier molecular flexibility index (Phi) is 8.50. The zero-order valence-electron chi connectivity index (χ0n) is 20.5. The van der Waals surface area contributed by atoms with Crippen molar-refractivity contribution in [1.29, 1.82) is 0 Å². The molecule has 2 heterocycles. The number of rotatable bonds is 9. The van der Waals surface area contributed by atoms with Gasteiger partial charge in [-0.15, -0.1) is 0 Å². The second-order valence-corrected chi connectivity index (χ2v) is 8.64. The minimum Gasteiger partial charge on any atom is -0.461 e. The van der Waals surface area contributed by atoms with Crippen LogP contribution in [-0.4, -0.2) is 33.4 Å². The molecule has 0 bridgehead atoms. The molecule has 0 aliphatic rings. The van der Waals surface area contributed by atoms with Gasteiger partial charge in [0, 0.05) is 24.4 Å². The van der Waals surface area contributed by atoms with Gasteiger partial charge in [-0.1, -0.05) is 23.7 Å². The van der Waals surface area contributed by atoms with Gasteiger partial charge in [0.05, 0.1) is 23.4 Å². The number of alkyl halides is 3. The molecule has 0 atom stereocenters. The summed E-state index contributed by atoms with van der Waals surface area (Å²) in [5.74, 6) is 0.368. The summed E-state index contributed by atoms with van der Waals surface area (Å²) in [5, 5.41) is 2.03. The number of nitrogens with one attached hydrogen (secondary N) is 2. The molecule has 0 unspecified atom stereocenters. The van der Waals surface area contributed by atoms with Gasteiger partial charge in [0.25, 0.3) is 0 Å². The molecular formula is C27H22ClF3N4O4. The molecule has 0 saturated heterocycles. The van der Waals surface area contributed by atoms with Gasteiger partial charge in [-0.25, -0.2) is 9.78 Å². The van der Waals surface area contributed by atoms with Gasteiger partial charge in [0.2, 0.25) is 5.91 Å². The number of aromatic amines is 1. The quantitative estimate of drug-likeness (QED) is 0.222. The second-order valence-electron chi connectivity index (χ2n) is 8.23. The predicted molar refractivity (Wildman–Crippen MR) is 138 cm³/mol. The number of imidazole rings is 1. The van der Waals surface area contributed by atoms with Crippen LogP contribution in [0.15, 0.2) is 67.0 Å². The molecule has 0 aliphatic carbocycles. The highest BCUT2D eigenvalue weighted by Crippen LogP contribution is 2.36. The molecule has 39 heavy (non-hydrogen) atoms. The predicted octanol–water partition coefficient (Wildman–Crippen LogP) is 6.68. The third-order valence-corrected chi connectivity index (χ3v) is 5.71. The van der Waals surface area contributed by atoms with E-state index in [9.17, 15) is 22.8 Å². The van der Waals surface area contributed by atoms with Gasteiger partial charge < -0.3 is 19.8 Å². The van der Waals surface area contributed by atoms with Crippen molar-refractivity contribution in [3.8, 4) is 23.0 Å². The highest BCUT2D eigenvalue weighted by atomic mass is 35.5. The van der Waals surface area contributed by atoms with Crippen LogP contribution in [0.3, 0.4) is 0 Å². The van der Waals surface area contributed by atoms with E-state index in [-0.39, 0.29) is 24.4 Å². The first-order valence-electron chi connectivity index (χ1n) is 11.7. The maximum atomic E-state index is 13.1. The van der Waals surface area contributed by atoms with E-state index in [1.165, 1.54) is 18.5 Å². The number of carbonyl (C=O) groups is 2. The number of H-pyrrole nitrogens is 1. The summed E-state index contributed by atoms with van der Waals surface area (Å²) in [6.45, 7) is 1.95. The highest BCUT2D eigenvalue weighted by molar-refractivity contribution is 6.31. The van der Waals surface area contributed by atoms with Crippen LogP contribution in [0.2, 0.25) is 5.02 Å². The topological polar surface area (TPSA) is 106 Å². The largest absolute Gasteiger partial charge is 0.461 e. The fourth-order valence-corrected chi connectivity index (χ4v) is 3.79. The molecule has 0 spiro atoms. The van der Waals surface area contributed by atoms with Crippen molar-refractivity contribution in [2.75, 3.05) is 11.9 Å². The van der Waals surface area contributed by atoms with Crippen LogP contribution in [0.5, 0.6) is 11.5 Å². The van der Waals surface area contributed by atoms with Crippen molar-refractivity contribution < 1.29 is 32.2 Å². The van der Waals surface area contributed by atoms with Gasteiger partial charge in [-0.05, 0) is 55.3 Å². The first-order chi connectivity index (χ1) is 18.6. The summed E-state index contributed by atoms with van der Waals surface area (Å²) < 4.78 is 50.1. The zero-order valence-corrected chi connectivity index (χ0v) is 21.3. The Morgan fingerprint density at radius 1 is 1.05 bits per heavy atom. The maximum absolute atomic E-state index is 13.1. The molecule has 1 amide bonds. The molecule has 2 aromatic carbocycles. The summed E-state index contributed by atoms with van der Waals surface area (Å²) >= 11 is 5.62. The number of carbonyl (C=O) groups excluding carboxylic acids is 2. The standard InChI is InChI=1S/C27H22ClF3N4O4/c1-2-38-26(37)23-15-33-25(35-23)22-14-19(10-11-32-22)39-18-5-3-4-16(12-18)6-9-24(36)34-17-7-8-21(28)20(13-17)27(29,30)31/h3-5,7-8,10-15H,2,6,9H2,1H3,(H,33,35)(H,34,36). The van der Waals surface area contributed by atoms with E-state index in [0.29, 0.717) is 29.4 Å². The summed E-state index contributed by atoms with van der Waals surface area (Å²) in [5.41, 5.74) is 0.431. The molecule has 0 aliphatic heterocycles. The van der Waals surface area contributed by atoms with E-state index in [4.69, 9.17) is 21.1 Å². The Balaban J connectivity index is 1.37. The summed E-state index contributed by atoms with van der Waals surface area (Å²) in [7, 11) is 0. The number of aryl methyl sites for hydroxylation is 1. The van der Waals surface area contributed by atoms with Crippen molar-refractivity contribution in [2.45, 2.75) is 25.9 Å². The SMILES string of the molecule is CCOC(=O)c1cnc(-c2cc(Oc3cccc(CCC(=O)Nc4ccc(Cl)c(C(F)(F)F)c4)c3)ccn2)[nH]1. The highest BCUT2D eigenvalue weighted by Gasteiger charge is 2.33. The molecule has 202 valence electrons. The monoisotopic (exact) mass is 558 g/mol. The normalized spacial score (nSPS) is 11.2. The molecule has 4 aromatic rings. The van der Waals surface area contributed by atoms with Crippen LogP contribution >= 0.6 is 11.6 Å². The minimum atomic E-state index is -4.63. The van der Waals surface area contributed by atoms with Gasteiger partial charge in [-0.3, -0.25) is 9.78 Å². The Bertz CT molecular complexity index is 1490. The smallest absolute Gasteiger partial charge is 0.417 e. The molecule has 4 rings (SSSR count). The fourth-order valence-electron chi connectivity index (χ4n) is 3.57. The lowest BCUT2D eigenvalue weighted by atomic mass is 10.1. The Hall–Kier alpha value is -4.38. The number of hydrogen-bond acceptors (Lipinski definition) is 6. The number of hydrogen-bond donors (Lipinski definition) is 2. The Morgan fingerprint density at radius 2 is 1.85 bits per heavy atom. The number of halogens is 4. The van der Waals surface area contributed by atoms with Gasteiger partial charge in [-0.2, -0.15) is 13.2 Å². The molecular weight excluding hydrogens is 537 g/mol. The number of amides is 1. The third kappa shape index (κ3) is 7.35. The average Bonchev–Trinajstić information content (AvgIpc) is 3.39. The lowest BCUT2D eigenvalue weighted by molar-refractivity contribution is -0.137. The van der Waals surface area contributed by atoms with Crippen LogP contribution in [0, 0.1) is 0 Å². The number of anilines is 1. The summed E-state index contributed by atoms with van der Waals surface area (Å²) in [6.07, 6.45) is -1.37. The van der Waals surface area contributed by atoms with Crippen LogP contribution in [0.1, 0.15) is 35.0 Å². The number of esters is 1. The van der Waals surface area contributed by atoms with Crippen molar-refractivity contribution in [3.05, 3.63) is 88.8 Å². The molecule has 12 heteroatoms. The van der Waals surface area contributed by atoms with E-state index < -0.39 is 28.6 Å². The molecule has 0 fully saturated rings. The maximum Gasteiger partial charge on any atom is 0.417 e. The van der Waals surface area contributed by atoms with Crippen molar-refractivity contribution in [1.82, 2.24) is 15.0 Å². The number of ether oxygens (including phenoxy) is 2. The van der Waals surface area contributed by atoms with Crippen LogP contribution in [0.4, 0.5) is 18.9 Å². The van der Waals surface area contributed by atoms with E-state index in [2.05, 4.69) is 20.3 Å². The van der Waals surface area contributed by atoms with E-state index in [0.717, 1.165) is 17.7 Å². The first-order valence-corrected chi connectivity index (χ1v) is 12.1. The van der Waals surface area contributed by atoms with Gasteiger partial charge >= 0.3 is 12.1 Å². The fraction of sp³-hybridized carbons (Fsp3) is 0.185. The molecule has 2 aromatic heterocycles. The van der Waals surface area contributed by atoms with Crippen molar-refractivity contribution in [2.24, 2.45) is 0 Å². The van der Waals surface area contributed by atoms with E-state index in [1.54, 1.807) is 37.3 Å². The van der Waals surface area contributed by atoms with E-state index >= 15 is 0 Å². The van der Waals surface area contributed by atoms with Gasteiger partial charge in [0.1, 0.15) is 22.9 Å².